The summed E-state index contributed by atoms with van der Waals surface area (Å²) < 4.78 is 0. The highest BCUT2D eigenvalue weighted by molar-refractivity contribution is 5.77. The molecule has 0 saturated heterocycles. The maximum absolute atomic E-state index is 12.1. The highest BCUT2D eigenvalue weighted by atomic mass is 16.1. The van der Waals surface area contributed by atoms with Crippen molar-refractivity contribution in [3.63, 3.8) is 0 Å². The van der Waals surface area contributed by atoms with E-state index >= 15 is 0 Å². The Hall–Kier alpha value is -0.570. The normalized spacial score (nSPS) is 22.3. The Morgan fingerprint density at radius 3 is 2.05 bits per heavy atom. The van der Waals surface area contributed by atoms with E-state index in [1.54, 1.807) is 0 Å². The second-order valence-electron chi connectivity index (χ2n) is 7.56. The average molecular weight is 268 g/mol. The molecule has 0 radical (unpaired) electrons. The van der Waals surface area contributed by atoms with Gasteiger partial charge in [-0.05, 0) is 42.1 Å². The fourth-order valence-corrected chi connectivity index (χ4v) is 3.13. The monoisotopic (exact) mass is 268 g/mol. The molecule has 3 nitrogen and oxygen atoms in total. The Morgan fingerprint density at radius 2 is 1.68 bits per heavy atom. The van der Waals surface area contributed by atoms with E-state index in [0.717, 1.165) is 12.8 Å². The Balaban J connectivity index is 2.37. The number of hydrogen-bond acceptors (Lipinski definition) is 2. The minimum absolute atomic E-state index is 0.200. The van der Waals surface area contributed by atoms with Crippen LogP contribution in [0.15, 0.2) is 0 Å². The number of carbonyl (C=O) groups is 1. The second kappa shape index (κ2) is 5.82. The van der Waals surface area contributed by atoms with Gasteiger partial charge < -0.3 is 11.1 Å². The Labute approximate surface area is 118 Å². The third-order valence-electron chi connectivity index (χ3n) is 5.55. The van der Waals surface area contributed by atoms with Gasteiger partial charge in [0.1, 0.15) is 0 Å². The van der Waals surface area contributed by atoms with Crippen LogP contribution >= 0.6 is 0 Å². The first-order chi connectivity index (χ1) is 8.64. The number of nitrogens with two attached hydrogens (primary N) is 1. The molecular formula is C16H32N2O. The lowest BCUT2D eigenvalue weighted by molar-refractivity contribution is -0.121. The highest BCUT2D eigenvalue weighted by Crippen LogP contribution is 2.62. The molecule has 1 rings (SSSR count). The van der Waals surface area contributed by atoms with Gasteiger partial charge in [0, 0.05) is 12.5 Å². The number of hydrogen-bond donors (Lipinski definition) is 2. The quantitative estimate of drug-likeness (QED) is 0.746. The zero-order chi connectivity index (χ0) is 14.8. The minimum Gasteiger partial charge on any atom is -0.352 e. The van der Waals surface area contributed by atoms with Crippen molar-refractivity contribution in [2.45, 2.75) is 66.8 Å². The van der Waals surface area contributed by atoms with Gasteiger partial charge in [0.25, 0.3) is 0 Å². The summed E-state index contributed by atoms with van der Waals surface area (Å²) in [6, 6.07) is 0.319. The van der Waals surface area contributed by atoms with Gasteiger partial charge in [0.2, 0.25) is 5.91 Å². The molecule has 3 heteroatoms. The summed E-state index contributed by atoms with van der Waals surface area (Å²) >= 11 is 0. The van der Waals surface area contributed by atoms with Crippen LogP contribution in [0.3, 0.4) is 0 Å². The summed E-state index contributed by atoms with van der Waals surface area (Å²) in [5.74, 6) is 1.37. The summed E-state index contributed by atoms with van der Waals surface area (Å²) in [6.45, 7) is 14.0. The lowest BCUT2D eigenvalue weighted by atomic mass is 9.88. The van der Waals surface area contributed by atoms with Crippen molar-refractivity contribution in [2.75, 3.05) is 6.54 Å². The minimum atomic E-state index is 0.200. The van der Waals surface area contributed by atoms with Gasteiger partial charge in [0.05, 0.1) is 0 Å². The van der Waals surface area contributed by atoms with Gasteiger partial charge in [-0.25, -0.2) is 0 Å². The van der Waals surface area contributed by atoms with Crippen LogP contribution < -0.4 is 11.1 Å². The van der Waals surface area contributed by atoms with E-state index in [1.807, 2.05) is 0 Å². The molecule has 1 saturated carbocycles. The first kappa shape index (κ1) is 16.5. The van der Waals surface area contributed by atoms with Gasteiger partial charge in [-0.15, -0.1) is 0 Å². The first-order valence-electron chi connectivity index (χ1n) is 7.64. The van der Waals surface area contributed by atoms with Crippen LogP contribution in [0, 0.1) is 22.7 Å². The molecule has 1 aliphatic rings. The Kier molecular flexibility index (Phi) is 5.05. The molecule has 0 aromatic rings. The van der Waals surface area contributed by atoms with Crippen molar-refractivity contribution in [1.82, 2.24) is 5.32 Å². The number of carbonyl (C=O) groups excluding carboxylic acids is 1. The van der Waals surface area contributed by atoms with Crippen LogP contribution in [0.2, 0.25) is 0 Å². The molecule has 1 fully saturated rings. The van der Waals surface area contributed by atoms with E-state index < -0.39 is 0 Å². The van der Waals surface area contributed by atoms with Crippen LogP contribution in [-0.2, 0) is 4.79 Å². The summed E-state index contributed by atoms with van der Waals surface area (Å²) in [6.07, 6.45) is 2.60. The summed E-state index contributed by atoms with van der Waals surface area (Å²) in [5, 5.41) is 3.20. The van der Waals surface area contributed by atoms with Gasteiger partial charge in [-0.2, -0.15) is 0 Å². The predicted molar refractivity (Wildman–Crippen MR) is 80.7 cm³/mol. The molecule has 0 aliphatic heterocycles. The fourth-order valence-electron chi connectivity index (χ4n) is 3.13. The Bertz CT molecular complexity index is 307. The van der Waals surface area contributed by atoms with E-state index in [-0.39, 0.29) is 16.7 Å². The molecule has 1 unspecified atom stereocenters. The van der Waals surface area contributed by atoms with Crippen LogP contribution in [0.25, 0.3) is 0 Å². The second-order valence-corrected chi connectivity index (χ2v) is 7.56. The third-order valence-corrected chi connectivity index (χ3v) is 5.55. The Morgan fingerprint density at radius 1 is 1.16 bits per heavy atom. The van der Waals surface area contributed by atoms with Gasteiger partial charge in [-0.3, -0.25) is 4.79 Å². The van der Waals surface area contributed by atoms with Crippen molar-refractivity contribution in [3.8, 4) is 0 Å². The third kappa shape index (κ3) is 3.50. The molecule has 3 N–H and O–H groups in total. The molecule has 0 heterocycles. The van der Waals surface area contributed by atoms with E-state index in [2.05, 4.69) is 46.9 Å². The van der Waals surface area contributed by atoms with E-state index in [4.69, 9.17) is 5.73 Å². The zero-order valence-electron chi connectivity index (χ0n) is 13.5. The molecule has 19 heavy (non-hydrogen) atoms. The van der Waals surface area contributed by atoms with E-state index in [9.17, 15) is 4.79 Å². The van der Waals surface area contributed by atoms with Gasteiger partial charge >= 0.3 is 0 Å². The average Bonchev–Trinajstić information content (AvgIpc) is 2.66. The number of rotatable bonds is 7. The van der Waals surface area contributed by atoms with Crippen molar-refractivity contribution in [2.24, 2.45) is 28.4 Å². The summed E-state index contributed by atoms with van der Waals surface area (Å²) in [5.41, 5.74) is 6.07. The molecule has 0 aromatic carbocycles. The van der Waals surface area contributed by atoms with Gasteiger partial charge in [-0.1, -0.05) is 41.5 Å². The molecule has 1 amide bonds. The fraction of sp³-hybridized carbons (Fsp3) is 0.938. The standard InChI is InChI=1S/C16H32N2O/c1-11(2)12(9-10-17)7-8-13(19)18-14-15(3,4)16(14,5)6/h11-12,14H,7-10,17H2,1-6H3,(H,18,19). The van der Waals surface area contributed by atoms with Crippen LogP contribution in [0.5, 0.6) is 0 Å². The summed E-state index contributed by atoms with van der Waals surface area (Å²) in [4.78, 5) is 12.1. The molecule has 112 valence electrons. The molecule has 0 bridgehead atoms. The van der Waals surface area contributed by atoms with Crippen molar-refractivity contribution in [3.05, 3.63) is 0 Å². The lowest BCUT2D eigenvalue weighted by Crippen LogP contribution is -2.30. The maximum Gasteiger partial charge on any atom is 0.220 e. The van der Waals surface area contributed by atoms with E-state index in [1.165, 1.54) is 0 Å². The lowest BCUT2D eigenvalue weighted by Gasteiger charge is -2.19. The van der Waals surface area contributed by atoms with Gasteiger partial charge in [0.15, 0.2) is 0 Å². The zero-order valence-corrected chi connectivity index (χ0v) is 13.5. The van der Waals surface area contributed by atoms with Crippen molar-refractivity contribution >= 4 is 5.91 Å². The largest absolute Gasteiger partial charge is 0.352 e. The maximum atomic E-state index is 12.1. The smallest absolute Gasteiger partial charge is 0.220 e. The van der Waals surface area contributed by atoms with Crippen molar-refractivity contribution in [1.29, 1.82) is 0 Å². The number of amides is 1. The molecule has 1 aliphatic carbocycles. The topological polar surface area (TPSA) is 55.1 Å². The SMILES string of the molecule is CC(C)C(CCN)CCC(=O)NC1C(C)(C)C1(C)C. The first-order valence-corrected chi connectivity index (χ1v) is 7.64. The predicted octanol–water partition coefficient (Wildman–Crippen LogP) is 2.94. The van der Waals surface area contributed by atoms with Crippen LogP contribution in [0.1, 0.15) is 60.8 Å². The number of nitrogens with one attached hydrogen (secondary N) is 1. The van der Waals surface area contributed by atoms with Crippen molar-refractivity contribution < 1.29 is 4.79 Å². The molecule has 1 atom stereocenters. The van der Waals surface area contributed by atoms with Crippen LogP contribution in [0.4, 0.5) is 0 Å². The van der Waals surface area contributed by atoms with E-state index in [0.29, 0.717) is 30.8 Å². The molecular weight excluding hydrogens is 236 g/mol. The highest BCUT2D eigenvalue weighted by Gasteiger charge is 2.65. The van der Waals surface area contributed by atoms with Crippen LogP contribution in [-0.4, -0.2) is 18.5 Å². The molecule has 0 spiro atoms. The molecule has 0 aromatic heterocycles. The summed E-state index contributed by atoms with van der Waals surface area (Å²) in [7, 11) is 0.